The smallest absolute Gasteiger partial charge is 0.136 e. The maximum absolute atomic E-state index is 6.58. The summed E-state index contributed by atoms with van der Waals surface area (Å²) >= 11 is 0. The van der Waals surface area contributed by atoms with Gasteiger partial charge in [-0.3, -0.25) is 0 Å². The Balaban J connectivity index is 1.16. The third-order valence-corrected chi connectivity index (χ3v) is 9.78. The molecular formula is C45H28O2. The number of benzene rings is 7. The Kier molecular flexibility index (Phi) is 5.67. The molecule has 2 aromatic heterocycles. The van der Waals surface area contributed by atoms with Gasteiger partial charge in [0.1, 0.15) is 22.3 Å². The van der Waals surface area contributed by atoms with Crippen LogP contribution in [0.15, 0.2) is 167 Å². The maximum atomic E-state index is 6.58. The highest BCUT2D eigenvalue weighted by atomic mass is 16.3. The Morgan fingerprint density at radius 3 is 1.91 bits per heavy atom. The third-order valence-electron chi connectivity index (χ3n) is 9.78. The maximum Gasteiger partial charge on any atom is 0.136 e. The van der Waals surface area contributed by atoms with Crippen molar-refractivity contribution < 1.29 is 8.83 Å². The first-order chi connectivity index (χ1) is 23.3. The van der Waals surface area contributed by atoms with E-state index in [1.807, 2.05) is 24.3 Å². The van der Waals surface area contributed by atoms with Crippen molar-refractivity contribution in [2.45, 2.75) is 5.92 Å². The lowest BCUT2D eigenvalue weighted by Gasteiger charge is -2.19. The second kappa shape index (κ2) is 10.2. The van der Waals surface area contributed by atoms with Gasteiger partial charge in [0.05, 0.1) is 0 Å². The van der Waals surface area contributed by atoms with Gasteiger partial charge < -0.3 is 8.83 Å². The molecule has 0 fully saturated rings. The van der Waals surface area contributed by atoms with Crippen molar-refractivity contribution in [3.8, 4) is 11.1 Å². The van der Waals surface area contributed by atoms with Crippen LogP contribution in [0.25, 0.3) is 66.7 Å². The normalized spacial score (nSPS) is 14.3. The van der Waals surface area contributed by atoms with Crippen LogP contribution in [-0.4, -0.2) is 0 Å². The lowest BCUT2D eigenvalue weighted by atomic mass is 9.84. The first-order valence-corrected chi connectivity index (χ1v) is 16.1. The molecule has 0 amide bonds. The molecule has 0 bridgehead atoms. The predicted molar refractivity (Wildman–Crippen MR) is 193 cm³/mol. The van der Waals surface area contributed by atoms with Crippen molar-refractivity contribution in [1.82, 2.24) is 0 Å². The van der Waals surface area contributed by atoms with Crippen LogP contribution < -0.4 is 10.4 Å². The molecule has 2 heterocycles. The fourth-order valence-corrected chi connectivity index (χ4v) is 7.62. The second-order valence-corrected chi connectivity index (χ2v) is 12.4. The zero-order valence-corrected chi connectivity index (χ0v) is 25.5. The van der Waals surface area contributed by atoms with Crippen LogP contribution in [0.5, 0.6) is 0 Å². The van der Waals surface area contributed by atoms with Crippen LogP contribution in [-0.2, 0) is 0 Å². The molecular weight excluding hydrogens is 572 g/mol. The van der Waals surface area contributed by atoms with Crippen LogP contribution >= 0.6 is 0 Å². The quantitative estimate of drug-likeness (QED) is 0.202. The molecule has 1 atom stereocenters. The zero-order valence-electron chi connectivity index (χ0n) is 25.5. The third kappa shape index (κ3) is 4.05. The van der Waals surface area contributed by atoms with Crippen LogP contribution in [0.1, 0.15) is 28.2 Å². The molecule has 220 valence electrons. The first kappa shape index (κ1) is 26.1. The Morgan fingerprint density at radius 2 is 1.06 bits per heavy atom. The van der Waals surface area contributed by atoms with Gasteiger partial charge in [0.2, 0.25) is 0 Å². The number of para-hydroxylation sites is 1. The lowest BCUT2D eigenvalue weighted by Crippen LogP contribution is -2.26. The van der Waals surface area contributed by atoms with Gasteiger partial charge in [-0.05, 0) is 73.7 Å². The van der Waals surface area contributed by atoms with Gasteiger partial charge in [-0.1, -0.05) is 140 Å². The van der Waals surface area contributed by atoms with Crippen LogP contribution in [0.4, 0.5) is 0 Å². The average molecular weight is 601 g/mol. The largest absolute Gasteiger partial charge is 0.456 e. The highest BCUT2D eigenvalue weighted by molar-refractivity contribution is 6.25. The van der Waals surface area contributed by atoms with Gasteiger partial charge >= 0.3 is 0 Å². The van der Waals surface area contributed by atoms with E-state index in [0.717, 1.165) is 43.9 Å². The summed E-state index contributed by atoms with van der Waals surface area (Å²) in [5.74, 6) is 0.0424. The summed E-state index contributed by atoms with van der Waals surface area (Å²) < 4.78 is 12.8. The number of fused-ring (bicyclic) bond motifs is 9. The lowest BCUT2D eigenvalue weighted by molar-refractivity contribution is 0.662. The van der Waals surface area contributed by atoms with E-state index in [2.05, 4.69) is 140 Å². The van der Waals surface area contributed by atoms with E-state index in [0.29, 0.717) is 0 Å². The Hall–Kier alpha value is -6.12. The van der Waals surface area contributed by atoms with Crippen molar-refractivity contribution >= 4 is 55.5 Å². The van der Waals surface area contributed by atoms with Crippen molar-refractivity contribution in [2.75, 3.05) is 0 Å². The molecule has 7 aromatic carbocycles. The van der Waals surface area contributed by atoms with Gasteiger partial charge in [0.25, 0.3) is 0 Å². The van der Waals surface area contributed by atoms with Crippen molar-refractivity contribution in [3.63, 3.8) is 0 Å². The molecule has 47 heavy (non-hydrogen) atoms. The first-order valence-electron chi connectivity index (χ1n) is 16.1. The van der Waals surface area contributed by atoms with Gasteiger partial charge in [-0.2, -0.15) is 0 Å². The van der Waals surface area contributed by atoms with E-state index >= 15 is 0 Å². The number of furan rings is 2. The highest BCUT2D eigenvalue weighted by Gasteiger charge is 2.23. The van der Waals surface area contributed by atoms with E-state index in [-0.39, 0.29) is 5.92 Å². The minimum atomic E-state index is 0.0424. The molecule has 0 radical (unpaired) electrons. The molecule has 1 unspecified atom stereocenters. The van der Waals surface area contributed by atoms with Gasteiger partial charge in [-0.25, -0.2) is 0 Å². The number of rotatable bonds is 3. The molecule has 0 spiro atoms. The monoisotopic (exact) mass is 600 g/mol. The topological polar surface area (TPSA) is 26.3 Å². The summed E-state index contributed by atoms with van der Waals surface area (Å²) in [5, 5.41) is 6.92. The minimum Gasteiger partial charge on any atom is -0.456 e. The van der Waals surface area contributed by atoms with E-state index in [9.17, 15) is 0 Å². The number of hydrogen-bond acceptors (Lipinski definition) is 2. The van der Waals surface area contributed by atoms with Crippen LogP contribution in [0.2, 0.25) is 0 Å². The highest BCUT2D eigenvalue weighted by Crippen LogP contribution is 2.42. The number of hydrogen-bond donors (Lipinski definition) is 0. The van der Waals surface area contributed by atoms with Crippen molar-refractivity contribution in [1.29, 1.82) is 0 Å². The summed E-state index contributed by atoms with van der Waals surface area (Å²) in [6.07, 6.45) is 2.42. The zero-order chi connectivity index (χ0) is 30.9. The predicted octanol–water partition coefficient (Wildman–Crippen LogP) is 10.3. The van der Waals surface area contributed by atoms with Crippen molar-refractivity contribution in [3.05, 3.63) is 190 Å². The van der Waals surface area contributed by atoms with E-state index in [4.69, 9.17) is 8.83 Å². The molecule has 1 aliphatic carbocycles. The van der Waals surface area contributed by atoms with E-state index in [1.165, 1.54) is 49.4 Å². The summed E-state index contributed by atoms with van der Waals surface area (Å²) in [6, 6.07) is 56.3. The Labute approximate surface area is 271 Å². The molecule has 2 nitrogen and oxygen atoms in total. The Bertz CT molecular complexity index is 2780. The van der Waals surface area contributed by atoms with E-state index in [1.54, 1.807) is 0 Å². The molecule has 2 heteroatoms. The Morgan fingerprint density at radius 1 is 0.426 bits per heavy atom. The standard InChI is InChI=1S/C45H28O2/c1-2-10-28(11-3-1)29-18-20-30(21-19-29)43-33-13-5-4-12-31(33)26-38(34-14-6-7-15-35(34)43)32-22-23-37-42(27-32)47-41-25-24-40-44(45(37)41)36-16-8-9-17-39(36)46-40/h1-27,38H. The molecule has 0 aliphatic heterocycles. The van der Waals surface area contributed by atoms with Gasteiger partial charge in [0.15, 0.2) is 0 Å². The SMILES string of the molecule is C1=c2ccccc2=C(c2ccc(-c3ccccc3)cc2)c2ccccc2C1c1ccc2c(c1)oc1ccc3oc4ccccc4c3c12. The van der Waals surface area contributed by atoms with Crippen LogP contribution in [0, 0.1) is 0 Å². The van der Waals surface area contributed by atoms with Gasteiger partial charge in [0, 0.05) is 27.5 Å². The second-order valence-electron chi connectivity index (χ2n) is 12.4. The van der Waals surface area contributed by atoms with E-state index < -0.39 is 0 Å². The summed E-state index contributed by atoms with van der Waals surface area (Å²) in [5.41, 5.74) is 12.2. The molecule has 9 aromatic rings. The minimum absolute atomic E-state index is 0.0424. The summed E-state index contributed by atoms with van der Waals surface area (Å²) in [6.45, 7) is 0. The summed E-state index contributed by atoms with van der Waals surface area (Å²) in [7, 11) is 0. The molecule has 1 aliphatic rings. The van der Waals surface area contributed by atoms with Crippen molar-refractivity contribution in [2.24, 2.45) is 0 Å². The molecule has 0 saturated carbocycles. The summed E-state index contributed by atoms with van der Waals surface area (Å²) in [4.78, 5) is 0. The average Bonchev–Trinajstić information content (AvgIpc) is 3.65. The molecule has 10 rings (SSSR count). The van der Waals surface area contributed by atoms with Crippen LogP contribution in [0.3, 0.4) is 0 Å². The van der Waals surface area contributed by atoms with Gasteiger partial charge in [-0.15, -0.1) is 0 Å². The fourth-order valence-electron chi connectivity index (χ4n) is 7.62. The fraction of sp³-hybridized carbons (Fsp3) is 0.0222. The molecule has 0 saturated heterocycles. The molecule has 0 N–H and O–H groups in total.